The van der Waals surface area contributed by atoms with Gasteiger partial charge in [0, 0.05) is 5.02 Å². The minimum atomic E-state index is -3.42. The number of aliphatic hydroxyl groups is 1. The standard InChI is InChI=1S/C17H19ClO3S/c1-12-4-3-5-13(2)16(12)10-22(20,21)11-17(19)14-6-8-15(18)9-7-14/h3-9,17,19H,10-11H2,1-2H3. The highest BCUT2D eigenvalue weighted by Gasteiger charge is 2.21. The van der Waals surface area contributed by atoms with Crippen LogP contribution in [0, 0.1) is 13.8 Å². The molecule has 0 spiro atoms. The number of halogens is 1. The van der Waals surface area contributed by atoms with Crippen LogP contribution in [0.1, 0.15) is 28.4 Å². The van der Waals surface area contributed by atoms with Crippen LogP contribution in [0.3, 0.4) is 0 Å². The molecular weight excluding hydrogens is 320 g/mol. The maximum Gasteiger partial charge on any atom is 0.157 e. The zero-order valence-electron chi connectivity index (χ0n) is 12.6. The molecule has 0 saturated carbocycles. The molecule has 0 radical (unpaired) electrons. The van der Waals surface area contributed by atoms with Gasteiger partial charge >= 0.3 is 0 Å². The van der Waals surface area contributed by atoms with E-state index in [-0.39, 0.29) is 11.5 Å². The second kappa shape index (κ2) is 6.82. The Labute approximate surface area is 136 Å². The summed E-state index contributed by atoms with van der Waals surface area (Å²) in [5.74, 6) is -0.363. The molecule has 1 N–H and O–H groups in total. The number of hydrogen-bond acceptors (Lipinski definition) is 3. The predicted molar refractivity (Wildman–Crippen MR) is 89.8 cm³/mol. The minimum Gasteiger partial charge on any atom is -0.387 e. The molecule has 22 heavy (non-hydrogen) atoms. The molecule has 0 aliphatic carbocycles. The summed E-state index contributed by atoms with van der Waals surface area (Å²) >= 11 is 5.79. The van der Waals surface area contributed by atoms with E-state index in [4.69, 9.17) is 11.6 Å². The van der Waals surface area contributed by atoms with Gasteiger partial charge in [-0.3, -0.25) is 0 Å². The van der Waals surface area contributed by atoms with E-state index in [0.717, 1.165) is 16.7 Å². The van der Waals surface area contributed by atoms with Crippen molar-refractivity contribution in [1.29, 1.82) is 0 Å². The molecule has 0 aromatic heterocycles. The average molecular weight is 339 g/mol. The fraction of sp³-hybridized carbons (Fsp3) is 0.294. The van der Waals surface area contributed by atoms with Crippen LogP contribution < -0.4 is 0 Å². The van der Waals surface area contributed by atoms with E-state index in [9.17, 15) is 13.5 Å². The Morgan fingerprint density at radius 2 is 1.59 bits per heavy atom. The van der Waals surface area contributed by atoms with E-state index in [2.05, 4.69) is 0 Å². The molecular formula is C17H19ClO3S. The van der Waals surface area contributed by atoms with Gasteiger partial charge in [-0.15, -0.1) is 0 Å². The van der Waals surface area contributed by atoms with Gasteiger partial charge in [0.2, 0.25) is 0 Å². The first kappa shape index (κ1) is 17.0. The maximum atomic E-state index is 12.4. The first-order chi connectivity index (χ1) is 10.3. The van der Waals surface area contributed by atoms with Crippen molar-refractivity contribution in [3.63, 3.8) is 0 Å². The summed E-state index contributed by atoms with van der Waals surface area (Å²) in [5.41, 5.74) is 3.26. The van der Waals surface area contributed by atoms with Gasteiger partial charge in [-0.05, 0) is 48.2 Å². The molecule has 1 unspecified atom stereocenters. The third-order valence-electron chi connectivity index (χ3n) is 3.68. The van der Waals surface area contributed by atoms with Gasteiger partial charge in [-0.1, -0.05) is 41.9 Å². The average Bonchev–Trinajstić information content (AvgIpc) is 2.43. The summed E-state index contributed by atoms with van der Waals surface area (Å²) < 4.78 is 24.7. The molecule has 2 rings (SSSR count). The van der Waals surface area contributed by atoms with Gasteiger partial charge in [0.25, 0.3) is 0 Å². The molecule has 1 atom stereocenters. The predicted octanol–water partition coefficient (Wildman–Crippen LogP) is 3.61. The molecule has 0 aliphatic rings. The van der Waals surface area contributed by atoms with Gasteiger partial charge in [-0.25, -0.2) is 8.42 Å². The Morgan fingerprint density at radius 1 is 1.05 bits per heavy atom. The molecule has 0 amide bonds. The lowest BCUT2D eigenvalue weighted by Crippen LogP contribution is -2.17. The second-order valence-electron chi connectivity index (χ2n) is 5.49. The van der Waals surface area contributed by atoms with Gasteiger partial charge in [-0.2, -0.15) is 0 Å². The normalized spacial score (nSPS) is 13.1. The first-order valence-corrected chi connectivity index (χ1v) is 9.17. The van der Waals surface area contributed by atoms with Crippen molar-refractivity contribution < 1.29 is 13.5 Å². The van der Waals surface area contributed by atoms with Crippen LogP contribution in [0.2, 0.25) is 5.02 Å². The Kier molecular flexibility index (Phi) is 5.27. The molecule has 0 aliphatic heterocycles. The molecule has 0 bridgehead atoms. The summed E-state index contributed by atoms with van der Waals surface area (Å²) in [5, 5.41) is 10.7. The quantitative estimate of drug-likeness (QED) is 0.906. The molecule has 3 nitrogen and oxygen atoms in total. The van der Waals surface area contributed by atoms with Gasteiger partial charge in [0.1, 0.15) is 0 Å². The van der Waals surface area contributed by atoms with Gasteiger partial charge in [0.15, 0.2) is 9.84 Å². The lowest BCUT2D eigenvalue weighted by Gasteiger charge is -2.14. The zero-order valence-corrected chi connectivity index (χ0v) is 14.2. The minimum absolute atomic E-state index is 0.0594. The number of benzene rings is 2. The first-order valence-electron chi connectivity index (χ1n) is 6.97. The van der Waals surface area contributed by atoms with Crippen LogP contribution in [-0.2, 0) is 15.6 Å². The van der Waals surface area contributed by atoms with E-state index >= 15 is 0 Å². The smallest absolute Gasteiger partial charge is 0.157 e. The van der Waals surface area contributed by atoms with Crippen molar-refractivity contribution in [3.8, 4) is 0 Å². The van der Waals surface area contributed by atoms with Crippen LogP contribution >= 0.6 is 11.6 Å². The van der Waals surface area contributed by atoms with Crippen LogP contribution in [0.15, 0.2) is 42.5 Å². The van der Waals surface area contributed by atoms with Crippen LogP contribution in [-0.4, -0.2) is 19.3 Å². The summed E-state index contributed by atoms with van der Waals surface area (Å²) in [7, 11) is -3.42. The lowest BCUT2D eigenvalue weighted by atomic mass is 10.1. The highest BCUT2D eigenvalue weighted by Crippen LogP contribution is 2.22. The number of rotatable bonds is 5. The fourth-order valence-corrected chi connectivity index (χ4v) is 4.19. The summed E-state index contributed by atoms with van der Waals surface area (Å²) in [6.07, 6.45) is -1.05. The monoisotopic (exact) mass is 338 g/mol. The highest BCUT2D eigenvalue weighted by atomic mass is 35.5. The molecule has 0 fully saturated rings. The SMILES string of the molecule is Cc1cccc(C)c1CS(=O)(=O)CC(O)c1ccc(Cl)cc1. The van der Waals surface area contributed by atoms with Crippen molar-refractivity contribution in [1.82, 2.24) is 0 Å². The van der Waals surface area contributed by atoms with Crippen molar-refractivity contribution in [3.05, 3.63) is 69.7 Å². The third kappa shape index (κ3) is 4.32. The Hall–Kier alpha value is -1.36. The van der Waals surface area contributed by atoms with Gasteiger partial charge in [0.05, 0.1) is 17.6 Å². The van der Waals surface area contributed by atoms with Crippen molar-refractivity contribution in [2.45, 2.75) is 25.7 Å². The van der Waals surface area contributed by atoms with Crippen molar-refractivity contribution >= 4 is 21.4 Å². The topological polar surface area (TPSA) is 54.4 Å². The molecule has 5 heteroatoms. The zero-order chi connectivity index (χ0) is 16.3. The highest BCUT2D eigenvalue weighted by molar-refractivity contribution is 7.90. The summed E-state index contributed by atoms with van der Waals surface area (Å²) in [4.78, 5) is 0. The Bertz CT molecular complexity index is 732. The number of hydrogen-bond donors (Lipinski definition) is 1. The Balaban J connectivity index is 2.16. The van der Waals surface area contributed by atoms with E-state index < -0.39 is 15.9 Å². The molecule has 118 valence electrons. The van der Waals surface area contributed by atoms with Crippen molar-refractivity contribution in [2.24, 2.45) is 0 Å². The van der Waals surface area contributed by atoms with Gasteiger partial charge < -0.3 is 5.11 Å². The van der Waals surface area contributed by atoms with Crippen LogP contribution in [0.4, 0.5) is 0 Å². The molecule has 0 heterocycles. The number of sulfone groups is 1. The largest absolute Gasteiger partial charge is 0.387 e. The summed E-state index contributed by atoms with van der Waals surface area (Å²) in [6.45, 7) is 3.79. The molecule has 2 aromatic carbocycles. The van der Waals surface area contributed by atoms with Crippen LogP contribution in [0.5, 0.6) is 0 Å². The fourth-order valence-electron chi connectivity index (χ4n) is 2.38. The maximum absolute atomic E-state index is 12.4. The molecule has 0 saturated heterocycles. The van der Waals surface area contributed by atoms with E-state index in [1.54, 1.807) is 24.3 Å². The number of aryl methyl sites for hydroxylation is 2. The van der Waals surface area contributed by atoms with E-state index in [1.807, 2.05) is 32.0 Å². The second-order valence-corrected chi connectivity index (χ2v) is 8.04. The van der Waals surface area contributed by atoms with Crippen molar-refractivity contribution in [2.75, 3.05) is 5.75 Å². The van der Waals surface area contributed by atoms with E-state index in [1.165, 1.54) is 0 Å². The third-order valence-corrected chi connectivity index (χ3v) is 5.48. The Morgan fingerprint density at radius 3 is 2.14 bits per heavy atom. The lowest BCUT2D eigenvalue weighted by molar-refractivity contribution is 0.201. The van der Waals surface area contributed by atoms with E-state index in [0.29, 0.717) is 10.6 Å². The molecule has 2 aromatic rings. The summed E-state index contributed by atoms with van der Waals surface area (Å²) in [6, 6.07) is 12.3. The van der Waals surface area contributed by atoms with Crippen LogP contribution in [0.25, 0.3) is 0 Å². The number of aliphatic hydroxyl groups excluding tert-OH is 1.